The zero-order chi connectivity index (χ0) is 25.3. The summed E-state index contributed by atoms with van der Waals surface area (Å²) in [5.41, 5.74) is 0.415. The van der Waals surface area contributed by atoms with Crippen molar-refractivity contribution in [3.63, 3.8) is 0 Å². The molecule has 188 valence electrons. The summed E-state index contributed by atoms with van der Waals surface area (Å²) in [6.45, 7) is 9.80. The van der Waals surface area contributed by atoms with Crippen molar-refractivity contribution >= 4 is 21.6 Å². The molecular formula is C23H31F3N4O3S. The van der Waals surface area contributed by atoms with Crippen LogP contribution in [0.2, 0.25) is 0 Å². The number of benzene rings is 1. The molecule has 1 aromatic carbocycles. The molecule has 11 heteroatoms. The maximum absolute atomic E-state index is 13.0. The first-order valence-electron chi connectivity index (χ1n) is 11.1. The molecule has 1 saturated heterocycles. The number of alkyl halides is 3. The maximum Gasteiger partial charge on any atom is 0.416 e. The van der Waals surface area contributed by atoms with Crippen molar-refractivity contribution in [1.82, 2.24) is 14.2 Å². The number of anilines is 1. The molecule has 0 atom stereocenters. The molecule has 0 spiro atoms. The lowest BCUT2D eigenvalue weighted by Gasteiger charge is -2.27. The second-order valence-electron chi connectivity index (χ2n) is 9.43. The van der Waals surface area contributed by atoms with Gasteiger partial charge in [-0.15, -0.1) is 0 Å². The molecule has 1 aromatic heterocycles. The normalized spacial score (nSPS) is 16.0. The van der Waals surface area contributed by atoms with Crippen LogP contribution in [0.3, 0.4) is 0 Å². The molecule has 2 aromatic rings. The minimum absolute atomic E-state index is 0.0329. The van der Waals surface area contributed by atoms with Crippen LogP contribution >= 0.6 is 0 Å². The van der Waals surface area contributed by atoms with Gasteiger partial charge >= 0.3 is 6.18 Å². The largest absolute Gasteiger partial charge is 0.416 e. The van der Waals surface area contributed by atoms with Crippen molar-refractivity contribution in [2.75, 3.05) is 37.2 Å². The smallest absolute Gasteiger partial charge is 0.346 e. The number of rotatable bonds is 6. The quantitative estimate of drug-likeness (QED) is 0.635. The third-order valence-corrected chi connectivity index (χ3v) is 7.72. The Morgan fingerprint density at radius 3 is 2.35 bits per heavy atom. The molecule has 0 saturated carbocycles. The summed E-state index contributed by atoms with van der Waals surface area (Å²) in [7, 11) is -3.47. The van der Waals surface area contributed by atoms with E-state index >= 15 is 0 Å². The molecule has 0 unspecified atom stereocenters. The summed E-state index contributed by atoms with van der Waals surface area (Å²) in [6, 6.07) is 6.14. The third-order valence-electron chi connectivity index (χ3n) is 5.87. The van der Waals surface area contributed by atoms with Gasteiger partial charge in [0.25, 0.3) is 5.91 Å². The van der Waals surface area contributed by atoms with Gasteiger partial charge in [-0.05, 0) is 31.2 Å². The number of piperazine rings is 1. The third kappa shape index (κ3) is 6.00. The predicted octanol–water partition coefficient (Wildman–Crippen LogP) is 3.60. The lowest BCUT2D eigenvalue weighted by molar-refractivity contribution is -0.137. The fourth-order valence-electron chi connectivity index (χ4n) is 4.01. The average molecular weight is 501 g/mol. The SMILES string of the molecule is Cc1c(C(=O)Nc2cccc(C(F)(F)F)c2)cc(C(C)(C)C)n1CCS(=O)(=O)N1CCNCC1. The molecule has 1 amide bonds. The molecule has 1 aliphatic heterocycles. The van der Waals surface area contributed by atoms with Crippen LogP contribution < -0.4 is 10.6 Å². The Kier molecular flexibility index (Phi) is 7.49. The number of nitrogens with one attached hydrogen (secondary N) is 2. The number of nitrogens with zero attached hydrogens (tertiary/aromatic N) is 2. The van der Waals surface area contributed by atoms with E-state index in [0.717, 1.165) is 17.8 Å². The zero-order valence-electron chi connectivity index (χ0n) is 19.8. The van der Waals surface area contributed by atoms with Gasteiger partial charge in [0, 0.05) is 55.2 Å². The first-order valence-corrected chi connectivity index (χ1v) is 12.7. The summed E-state index contributed by atoms with van der Waals surface area (Å²) in [5.74, 6) is -0.661. The van der Waals surface area contributed by atoms with Gasteiger partial charge in [-0.1, -0.05) is 26.8 Å². The molecule has 7 nitrogen and oxygen atoms in total. The van der Waals surface area contributed by atoms with E-state index in [1.807, 2.05) is 25.3 Å². The highest BCUT2D eigenvalue weighted by molar-refractivity contribution is 7.89. The second kappa shape index (κ2) is 9.71. The minimum Gasteiger partial charge on any atom is -0.346 e. The van der Waals surface area contributed by atoms with E-state index in [2.05, 4.69) is 10.6 Å². The molecular weight excluding hydrogens is 469 g/mol. The van der Waals surface area contributed by atoms with Crippen molar-refractivity contribution in [1.29, 1.82) is 0 Å². The Morgan fingerprint density at radius 2 is 1.76 bits per heavy atom. The Labute approximate surface area is 198 Å². The van der Waals surface area contributed by atoms with E-state index in [1.165, 1.54) is 16.4 Å². The molecule has 1 fully saturated rings. The van der Waals surface area contributed by atoms with Gasteiger partial charge in [0.05, 0.1) is 16.9 Å². The van der Waals surface area contributed by atoms with Gasteiger partial charge in [0.15, 0.2) is 0 Å². The number of hydrogen-bond acceptors (Lipinski definition) is 4. The number of sulfonamides is 1. The highest BCUT2D eigenvalue weighted by Crippen LogP contribution is 2.32. The van der Waals surface area contributed by atoms with Crippen molar-refractivity contribution in [2.45, 2.75) is 45.8 Å². The van der Waals surface area contributed by atoms with Crippen LogP contribution in [0.15, 0.2) is 30.3 Å². The van der Waals surface area contributed by atoms with Gasteiger partial charge in [-0.3, -0.25) is 4.79 Å². The summed E-state index contributed by atoms with van der Waals surface area (Å²) in [5, 5.41) is 5.67. The standard InChI is InChI=1S/C23H31F3N4O3S/c1-16-19(21(31)28-18-7-5-6-17(14-18)23(24,25)26)15-20(22(2,3)4)30(16)12-13-34(32,33)29-10-8-27-9-11-29/h5-7,14-15,27H,8-13H2,1-4H3,(H,28,31). The Hall–Kier alpha value is -2.37. The number of halogens is 3. The molecule has 0 bridgehead atoms. The molecule has 34 heavy (non-hydrogen) atoms. The highest BCUT2D eigenvalue weighted by atomic mass is 32.2. The maximum atomic E-state index is 13.0. The Balaban J connectivity index is 1.86. The first-order chi connectivity index (χ1) is 15.7. The summed E-state index contributed by atoms with van der Waals surface area (Å²) >= 11 is 0. The van der Waals surface area contributed by atoms with Gasteiger partial charge in [-0.25, -0.2) is 8.42 Å². The van der Waals surface area contributed by atoms with Crippen molar-refractivity contribution in [2.24, 2.45) is 0 Å². The van der Waals surface area contributed by atoms with Crippen molar-refractivity contribution < 1.29 is 26.4 Å². The lowest BCUT2D eigenvalue weighted by atomic mass is 9.92. The van der Waals surface area contributed by atoms with Crippen LogP contribution in [-0.4, -0.2) is 55.1 Å². The summed E-state index contributed by atoms with van der Waals surface area (Å²) < 4.78 is 68.0. The van der Waals surface area contributed by atoms with E-state index in [1.54, 1.807) is 13.0 Å². The minimum atomic E-state index is -4.52. The van der Waals surface area contributed by atoms with Gasteiger partial charge in [-0.2, -0.15) is 17.5 Å². The van der Waals surface area contributed by atoms with Crippen LogP contribution in [0.5, 0.6) is 0 Å². The van der Waals surface area contributed by atoms with E-state index in [4.69, 9.17) is 0 Å². The number of amides is 1. The molecule has 3 rings (SSSR count). The van der Waals surface area contributed by atoms with E-state index in [0.29, 0.717) is 37.4 Å². The topological polar surface area (TPSA) is 83.4 Å². The van der Waals surface area contributed by atoms with Crippen LogP contribution in [0.25, 0.3) is 0 Å². The fraction of sp³-hybridized carbons (Fsp3) is 0.522. The number of hydrogen-bond donors (Lipinski definition) is 2. The Bertz CT molecular complexity index is 1150. The van der Waals surface area contributed by atoms with E-state index < -0.39 is 33.1 Å². The van der Waals surface area contributed by atoms with E-state index in [-0.39, 0.29) is 18.0 Å². The van der Waals surface area contributed by atoms with Crippen LogP contribution in [-0.2, 0) is 28.2 Å². The average Bonchev–Trinajstić information content (AvgIpc) is 3.09. The monoisotopic (exact) mass is 500 g/mol. The zero-order valence-corrected chi connectivity index (χ0v) is 20.6. The molecule has 2 heterocycles. The lowest BCUT2D eigenvalue weighted by Crippen LogP contribution is -2.47. The molecule has 0 aliphatic carbocycles. The van der Waals surface area contributed by atoms with Crippen LogP contribution in [0.1, 0.15) is 48.1 Å². The second-order valence-corrected chi connectivity index (χ2v) is 11.5. The summed E-state index contributed by atoms with van der Waals surface area (Å²) in [6.07, 6.45) is -4.52. The molecule has 2 N–H and O–H groups in total. The van der Waals surface area contributed by atoms with Gasteiger partial charge in [0.1, 0.15) is 0 Å². The van der Waals surface area contributed by atoms with E-state index in [9.17, 15) is 26.4 Å². The molecule has 0 radical (unpaired) electrons. The Morgan fingerprint density at radius 1 is 1.12 bits per heavy atom. The van der Waals surface area contributed by atoms with Gasteiger partial charge in [0.2, 0.25) is 10.0 Å². The predicted molar refractivity (Wildman–Crippen MR) is 125 cm³/mol. The number of carbonyl (C=O) groups excluding carboxylic acids is 1. The summed E-state index contributed by atoms with van der Waals surface area (Å²) in [4.78, 5) is 13.0. The highest BCUT2D eigenvalue weighted by Gasteiger charge is 2.31. The number of aromatic nitrogens is 1. The van der Waals surface area contributed by atoms with Crippen molar-refractivity contribution in [3.05, 3.63) is 52.8 Å². The molecule has 1 aliphatic rings. The van der Waals surface area contributed by atoms with Crippen molar-refractivity contribution in [3.8, 4) is 0 Å². The van der Waals surface area contributed by atoms with Crippen LogP contribution in [0, 0.1) is 6.92 Å². The first kappa shape index (κ1) is 26.2. The fourth-order valence-corrected chi connectivity index (χ4v) is 5.42. The van der Waals surface area contributed by atoms with Crippen LogP contribution in [0.4, 0.5) is 18.9 Å². The number of carbonyl (C=O) groups is 1. The van der Waals surface area contributed by atoms with Gasteiger partial charge < -0.3 is 15.2 Å².